The molecule has 0 saturated heterocycles. The summed E-state index contributed by atoms with van der Waals surface area (Å²) in [5.74, 6) is 0. The van der Waals surface area contributed by atoms with E-state index in [1.807, 2.05) is 108 Å². The largest absolute Gasteiger partial charge is 0.311 e. The Morgan fingerprint density at radius 2 is 0.695 bits per heavy atom. The van der Waals surface area contributed by atoms with Crippen molar-refractivity contribution >= 4 is 27.8 Å². The second-order valence-corrected chi connectivity index (χ2v) is 14.6. The van der Waals surface area contributed by atoms with Crippen LogP contribution in [0, 0.1) is 0 Å². The summed E-state index contributed by atoms with van der Waals surface area (Å²) in [5.41, 5.74) is 13.2. The summed E-state index contributed by atoms with van der Waals surface area (Å²) >= 11 is 0. The minimum Gasteiger partial charge on any atom is -0.311 e. The zero-order valence-corrected chi connectivity index (χ0v) is 32.3. The highest BCUT2D eigenvalue weighted by atomic mass is 15.1. The van der Waals surface area contributed by atoms with Crippen LogP contribution in [0.5, 0.6) is 0 Å². The molecule has 1 nitrogen and oxygen atoms in total. The molecule has 0 aliphatic heterocycles. The van der Waals surface area contributed by atoms with Crippen LogP contribution in [0.1, 0.15) is 5.48 Å². The fourth-order valence-electron chi connectivity index (χ4n) is 7.96. The van der Waals surface area contributed by atoms with E-state index in [9.17, 15) is 5.48 Å². The molecule has 0 fully saturated rings. The summed E-state index contributed by atoms with van der Waals surface area (Å²) in [7, 11) is 0. The molecule has 278 valence electrons. The van der Waals surface area contributed by atoms with Gasteiger partial charge in [0.25, 0.3) is 0 Å². The van der Waals surface area contributed by atoms with Crippen molar-refractivity contribution in [2.75, 3.05) is 4.90 Å². The highest BCUT2D eigenvalue weighted by Gasteiger charge is 2.16. The third-order valence-electron chi connectivity index (χ3n) is 11.0. The monoisotopic (exact) mass is 755 g/mol. The molecule has 0 atom stereocenters. The smallest absolute Gasteiger partial charge is 0.0645 e. The maximum absolute atomic E-state index is 9.60. The Bertz CT molecular complexity index is 3190. The van der Waals surface area contributed by atoms with Crippen molar-refractivity contribution in [2.45, 2.75) is 0 Å². The molecule has 0 aliphatic carbocycles. The van der Waals surface area contributed by atoms with Gasteiger partial charge in [0.1, 0.15) is 0 Å². The third-order valence-corrected chi connectivity index (χ3v) is 11.0. The summed E-state index contributed by atoms with van der Waals surface area (Å²) in [4.78, 5) is 1.86. The van der Waals surface area contributed by atoms with Crippen molar-refractivity contribution in [1.82, 2.24) is 0 Å². The van der Waals surface area contributed by atoms with Crippen LogP contribution in [0.15, 0.2) is 249 Å². The second kappa shape index (κ2) is 16.0. The molecule has 10 aromatic rings. The zero-order chi connectivity index (χ0) is 42.9. The van der Waals surface area contributed by atoms with Crippen molar-refractivity contribution in [3.63, 3.8) is 0 Å². The summed E-state index contributed by atoms with van der Waals surface area (Å²) < 4.78 is 38.1. The van der Waals surface area contributed by atoms with E-state index >= 15 is 0 Å². The molecular formula is C58H41N. The first-order valence-electron chi connectivity index (χ1n) is 21.9. The van der Waals surface area contributed by atoms with Gasteiger partial charge < -0.3 is 4.90 Å². The van der Waals surface area contributed by atoms with Crippen LogP contribution in [0.2, 0.25) is 0 Å². The Hall–Kier alpha value is -7.74. The fourth-order valence-corrected chi connectivity index (χ4v) is 7.96. The maximum atomic E-state index is 9.60. The SMILES string of the molecule is [2H]c1c([2H])c(N(c2ccc(-c3ccc(-c4ccccc4)cc3)cc2)c2ccc(-c3c(-c4ccccc4)ccc4ccccc34)cc2)c([2H])c([2H])c1-c1cccc(-c2ccccc2)c1. The molecular weight excluding hydrogens is 711 g/mol. The first kappa shape index (κ1) is 31.4. The van der Waals surface area contributed by atoms with Crippen LogP contribution in [0.4, 0.5) is 17.1 Å². The number of fused-ring (bicyclic) bond motifs is 1. The Balaban J connectivity index is 1.10. The number of hydrogen-bond donors (Lipinski definition) is 0. The molecule has 1 heteroatoms. The van der Waals surface area contributed by atoms with Crippen molar-refractivity contribution in [1.29, 1.82) is 0 Å². The summed E-state index contributed by atoms with van der Waals surface area (Å²) in [6.45, 7) is 0. The first-order chi connectivity index (χ1) is 30.9. The van der Waals surface area contributed by atoms with E-state index in [1.165, 1.54) is 0 Å². The average molecular weight is 756 g/mol. The van der Waals surface area contributed by atoms with E-state index in [2.05, 4.69) is 121 Å². The van der Waals surface area contributed by atoms with Gasteiger partial charge in [-0.25, -0.2) is 0 Å². The highest BCUT2D eigenvalue weighted by Crippen LogP contribution is 2.42. The Kier molecular flexibility index (Phi) is 8.51. The van der Waals surface area contributed by atoms with E-state index in [0.29, 0.717) is 16.9 Å². The lowest BCUT2D eigenvalue weighted by molar-refractivity contribution is 1.28. The Morgan fingerprint density at radius 3 is 1.27 bits per heavy atom. The zero-order valence-electron chi connectivity index (χ0n) is 36.3. The van der Waals surface area contributed by atoms with Gasteiger partial charge in [-0.3, -0.25) is 0 Å². The minimum absolute atomic E-state index is 0.101. The van der Waals surface area contributed by atoms with Gasteiger partial charge in [0.15, 0.2) is 0 Å². The van der Waals surface area contributed by atoms with E-state index in [4.69, 9.17) is 0 Å². The lowest BCUT2D eigenvalue weighted by atomic mass is 9.89. The molecule has 10 aromatic carbocycles. The van der Waals surface area contributed by atoms with Crippen molar-refractivity contribution < 1.29 is 5.48 Å². The van der Waals surface area contributed by atoms with Crippen LogP contribution >= 0.6 is 0 Å². The third kappa shape index (κ3) is 7.34. The number of nitrogens with zero attached hydrogens (tertiary/aromatic N) is 1. The molecule has 0 saturated carbocycles. The maximum Gasteiger partial charge on any atom is 0.0645 e. The topological polar surface area (TPSA) is 3.24 Å². The van der Waals surface area contributed by atoms with E-state index in [0.717, 1.165) is 66.4 Å². The van der Waals surface area contributed by atoms with Crippen LogP contribution in [-0.2, 0) is 0 Å². The lowest BCUT2D eigenvalue weighted by Crippen LogP contribution is -2.09. The minimum atomic E-state index is -0.124. The molecule has 0 unspecified atom stereocenters. The summed E-state index contributed by atoms with van der Waals surface area (Å²) in [6, 6.07) is 75.6. The molecule has 0 bridgehead atoms. The molecule has 0 radical (unpaired) electrons. The second-order valence-electron chi connectivity index (χ2n) is 14.6. The van der Waals surface area contributed by atoms with Crippen LogP contribution in [-0.4, -0.2) is 0 Å². The van der Waals surface area contributed by atoms with Gasteiger partial charge in [0, 0.05) is 17.1 Å². The predicted octanol–water partition coefficient (Wildman–Crippen LogP) is 16.3. The first-order valence-corrected chi connectivity index (χ1v) is 19.9. The van der Waals surface area contributed by atoms with E-state index < -0.39 is 0 Å². The molecule has 0 amide bonds. The van der Waals surface area contributed by atoms with Gasteiger partial charge in [-0.1, -0.05) is 206 Å². The van der Waals surface area contributed by atoms with Gasteiger partial charge in [0.2, 0.25) is 0 Å². The quantitative estimate of drug-likeness (QED) is 0.142. The molecule has 0 spiro atoms. The highest BCUT2D eigenvalue weighted by molar-refractivity contribution is 6.04. The van der Waals surface area contributed by atoms with Crippen molar-refractivity contribution in [2.24, 2.45) is 0 Å². The normalized spacial score (nSPS) is 12.0. The molecule has 0 aliphatic rings. The Labute approximate surface area is 352 Å². The molecule has 59 heavy (non-hydrogen) atoms. The van der Waals surface area contributed by atoms with Gasteiger partial charge in [0.05, 0.1) is 5.48 Å². The molecule has 10 rings (SSSR count). The summed E-state index contributed by atoms with van der Waals surface area (Å²) in [6.07, 6.45) is 0. The number of rotatable bonds is 9. The average Bonchev–Trinajstić information content (AvgIpc) is 3.35. The van der Waals surface area contributed by atoms with Crippen LogP contribution in [0.25, 0.3) is 77.5 Å². The molecule has 0 heterocycles. The van der Waals surface area contributed by atoms with Crippen LogP contribution in [0.3, 0.4) is 0 Å². The summed E-state index contributed by atoms with van der Waals surface area (Å²) in [5, 5.41) is 2.29. The van der Waals surface area contributed by atoms with Gasteiger partial charge in [-0.15, -0.1) is 0 Å². The number of benzene rings is 10. The van der Waals surface area contributed by atoms with Gasteiger partial charge in [-0.2, -0.15) is 0 Å². The van der Waals surface area contributed by atoms with Crippen LogP contribution < -0.4 is 4.90 Å². The van der Waals surface area contributed by atoms with E-state index in [-0.39, 0.29) is 35.4 Å². The lowest BCUT2D eigenvalue weighted by Gasteiger charge is -2.26. The standard InChI is InChI=1S/C58H41N/c1-4-13-42(14-5-1)44-23-25-45(26-24-44)46-27-34-53(35-28-46)59(54-36-29-47(30-37-54)52-21-12-20-51(41-52)43-15-6-2-7-16-43)55-38-31-50(32-39-55)58-56-22-11-10-19-49(56)33-40-57(58)48-17-8-3-9-18-48/h1-41H/i29D,30D,36D,37D. The van der Waals surface area contributed by atoms with Crippen molar-refractivity contribution in [3.05, 3.63) is 249 Å². The number of anilines is 3. The predicted molar refractivity (Wildman–Crippen MR) is 251 cm³/mol. The Morgan fingerprint density at radius 1 is 0.271 bits per heavy atom. The molecule has 0 N–H and O–H groups in total. The van der Waals surface area contributed by atoms with Crippen molar-refractivity contribution in [3.8, 4) is 66.8 Å². The number of hydrogen-bond acceptors (Lipinski definition) is 1. The van der Waals surface area contributed by atoms with E-state index in [1.54, 1.807) is 0 Å². The molecule has 0 aromatic heterocycles. The fraction of sp³-hybridized carbons (Fsp3) is 0. The van der Waals surface area contributed by atoms with Gasteiger partial charge in [-0.05, 0) is 120 Å². The van der Waals surface area contributed by atoms with Gasteiger partial charge >= 0.3 is 0 Å².